The summed E-state index contributed by atoms with van der Waals surface area (Å²) in [5, 5.41) is 10.2. The quantitative estimate of drug-likeness (QED) is 0.781. The third-order valence-electron chi connectivity index (χ3n) is 4.20. The molecule has 0 radical (unpaired) electrons. The largest absolute Gasteiger partial charge is 0.393 e. The second kappa shape index (κ2) is 3.64. The summed E-state index contributed by atoms with van der Waals surface area (Å²) in [5.74, 6) is 1.09. The van der Waals surface area contributed by atoms with Gasteiger partial charge >= 0.3 is 0 Å². The third-order valence-corrected chi connectivity index (χ3v) is 4.20. The highest BCUT2D eigenvalue weighted by atomic mass is 16.3. The van der Waals surface area contributed by atoms with Crippen LogP contribution in [-0.2, 0) is 12.8 Å². The Hall–Kier alpha value is -0.820. The molecule has 80 valence electrons. The van der Waals surface area contributed by atoms with Gasteiger partial charge in [0.25, 0.3) is 0 Å². The van der Waals surface area contributed by atoms with Gasteiger partial charge < -0.3 is 5.11 Å². The van der Waals surface area contributed by atoms with Gasteiger partial charge in [0.05, 0.1) is 6.10 Å². The van der Waals surface area contributed by atoms with E-state index < -0.39 is 0 Å². The zero-order chi connectivity index (χ0) is 10.3. The van der Waals surface area contributed by atoms with Gasteiger partial charge in [-0.05, 0) is 48.6 Å². The minimum Gasteiger partial charge on any atom is -0.393 e. The van der Waals surface area contributed by atoms with Crippen LogP contribution in [0.3, 0.4) is 0 Å². The molecule has 1 nitrogen and oxygen atoms in total. The number of hydrogen-bond acceptors (Lipinski definition) is 1. The van der Waals surface area contributed by atoms with Gasteiger partial charge in [0, 0.05) is 0 Å². The summed E-state index contributed by atoms with van der Waals surface area (Å²) in [6.07, 6.45) is 5.94. The molecule has 1 atom stereocenters. The molecule has 1 saturated carbocycles. The first-order valence-electron chi connectivity index (χ1n) is 6.09. The summed E-state index contributed by atoms with van der Waals surface area (Å²) >= 11 is 0. The van der Waals surface area contributed by atoms with Crippen LogP contribution in [0.5, 0.6) is 0 Å². The fourth-order valence-corrected chi connectivity index (χ4v) is 3.00. The first-order chi connectivity index (χ1) is 7.34. The minimum absolute atomic E-state index is 0.0499. The molecular weight excluding hydrogens is 184 g/mol. The normalized spacial score (nSPS) is 23.5. The van der Waals surface area contributed by atoms with Gasteiger partial charge in [-0.1, -0.05) is 30.7 Å². The fraction of sp³-hybridized carbons (Fsp3) is 0.571. The number of fused-ring (bicyclic) bond motifs is 1. The first-order valence-corrected chi connectivity index (χ1v) is 6.09. The Labute approximate surface area is 91.1 Å². The van der Waals surface area contributed by atoms with Crippen molar-refractivity contribution in [3.8, 4) is 0 Å². The molecule has 2 aliphatic rings. The highest BCUT2D eigenvalue weighted by Crippen LogP contribution is 2.37. The summed E-state index contributed by atoms with van der Waals surface area (Å²) in [6, 6.07) is 8.64. The summed E-state index contributed by atoms with van der Waals surface area (Å²) in [4.78, 5) is 0. The van der Waals surface area contributed by atoms with Crippen LogP contribution in [0.1, 0.15) is 30.4 Å². The van der Waals surface area contributed by atoms with Gasteiger partial charge in [-0.2, -0.15) is 0 Å². The van der Waals surface area contributed by atoms with E-state index in [-0.39, 0.29) is 6.10 Å². The number of hydrogen-bond donors (Lipinski definition) is 1. The van der Waals surface area contributed by atoms with Crippen molar-refractivity contribution in [1.29, 1.82) is 0 Å². The Balaban J connectivity index is 1.72. The van der Waals surface area contributed by atoms with E-state index in [9.17, 15) is 5.11 Å². The first kappa shape index (κ1) is 9.41. The molecule has 0 amide bonds. The van der Waals surface area contributed by atoms with Crippen molar-refractivity contribution in [2.45, 2.75) is 38.2 Å². The van der Waals surface area contributed by atoms with Crippen molar-refractivity contribution in [1.82, 2.24) is 0 Å². The van der Waals surface area contributed by atoms with Gasteiger partial charge in [0.2, 0.25) is 0 Å². The SMILES string of the molecule is OC(C1CCC1)C1Cc2ccccc2C1. The molecule has 0 spiro atoms. The summed E-state index contributed by atoms with van der Waals surface area (Å²) in [6.45, 7) is 0. The van der Waals surface area contributed by atoms with Crippen LogP contribution in [0.4, 0.5) is 0 Å². The lowest BCUT2D eigenvalue weighted by molar-refractivity contribution is 0.0181. The van der Waals surface area contributed by atoms with Crippen LogP contribution < -0.4 is 0 Å². The van der Waals surface area contributed by atoms with E-state index in [2.05, 4.69) is 24.3 Å². The highest BCUT2D eigenvalue weighted by Gasteiger charge is 2.34. The van der Waals surface area contributed by atoms with Gasteiger partial charge in [-0.15, -0.1) is 0 Å². The van der Waals surface area contributed by atoms with E-state index in [1.54, 1.807) is 0 Å². The molecule has 3 rings (SSSR count). The summed E-state index contributed by atoms with van der Waals surface area (Å²) in [5.41, 5.74) is 2.92. The smallest absolute Gasteiger partial charge is 0.0602 e. The number of benzene rings is 1. The Morgan fingerprint density at radius 3 is 2.07 bits per heavy atom. The molecular formula is C14H18O. The zero-order valence-corrected chi connectivity index (χ0v) is 9.02. The van der Waals surface area contributed by atoms with Crippen molar-refractivity contribution in [2.75, 3.05) is 0 Å². The fourth-order valence-electron chi connectivity index (χ4n) is 3.00. The molecule has 0 saturated heterocycles. The lowest BCUT2D eigenvalue weighted by Gasteiger charge is -2.33. The molecule has 2 aliphatic carbocycles. The summed E-state index contributed by atoms with van der Waals surface area (Å²) < 4.78 is 0. The minimum atomic E-state index is -0.0499. The van der Waals surface area contributed by atoms with E-state index in [1.807, 2.05) is 0 Å². The number of aliphatic hydroxyl groups excluding tert-OH is 1. The second-order valence-electron chi connectivity index (χ2n) is 5.12. The van der Waals surface area contributed by atoms with E-state index in [0.29, 0.717) is 11.8 Å². The predicted octanol–water partition coefficient (Wildman–Crippen LogP) is 2.56. The maximum Gasteiger partial charge on any atom is 0.0602 e. The monoisotopic (exact) mass is 202 g/mol. The van der Waals surface area contributed by atoms with Crippen molar-refractivity contribution in [3.05, 3.63) is 35.4 Å². The van der Waals surface area contributed by atoms with Crippen molar-refractivity contribution < 1.29 is 5.11 Å². The van der Waals surface area contributed by atoms with Gasteiger partial charge in [0.1, 0.15) is 0 Å². The molecule has 1 unspecified atom stereocenters. The Bertz CT molecular complexity index is 329. The van der Waals surface area contributed by atoms with Gasteiger partial charge in [-0.25, -0.2) is 0 Å². The number of rotatable bonds is 2. The molecule has 0 bridgehead atoms. The molecule has 0 aliphatic heterocycles. The van der Waals surface area contributed by atoms with Gasteiger partial charge in [-0.3, -0.25) is 0 Å². The Morgan fingerprint density at radius 2 is 1.60 bits per heavy atom. The molecule has 1 aromatic rings. The van der Waals surface area contributed by atoms with Gasteiger partial charge in [0.15, 0.2) is 0 Å². The topological polar surface area (TPSA) is 20.2 Å². The highest BCUT2D eigenvalue weighted by molar-refractivity contribution is 5.32. The molecule has 0 heterocycles. The lowest BCUT2D eigenvalue weighted by Crippen LogP contribution is -2.33. The lowest BCUT2D eigenvalue weighted by atomic mass is 9.76. The average Bonchev–Trinajstić information content (AvgIpc) is 2.58. The van der Waals surface area contributed by atoms with E-state index in [4.69, 9.17) is 0 Å². The third kappa shape index (κ3) is 1.59. The van der Waals surface area contributed by atoms with E-state index in [0.717, 1.165) is 12.8 Å². The summed E-state index contributed by atoms with van der Waals surface area (Å²) in [7, 11) is 0. The zero-order valence-electron chi connectivity index (χ0n) is 9.02. The van der Waals surface area contributed by atoms with Crippen LogP contribution in [0, 0.1) is 11.8 Å². The standard InChI is InChI=1S/C14H18O/c15-14(10-6-3-7-10)13-8-11-4-1-2-5-12(11)9-13/h1-2,4-5,10,13-15H,3,6-9H2. The molecule has 1 fully saturated rings. The van der Waals surface area contributed by atoms with Crippen LogP contribution in [0.25, 0.3) is 0 Å². The number of aliphatic hydroxyl groups is 1. The van der Waals surface area contributed by atoms with Crippen molar-refractivity contribution >= 4 is 0 Å². The van der Waals surface area contributed by atoms with Crippen LogP contribution >= 0.6 is 0 Å². The molecule has 15 heavy (non-hydrogen) atoms. The predicted molar refractivity (Wildman–Crippen MR) is 60.7 cm³/mol. The Kier molecular flexibility index (Phi) is 2.28. The molecule has 1 aromatic carbocycles. The van der Waals surface area contributed by atoms with Crippen molar-refractivity contribution in [2.24, 2.45) is 11.8 Å². The molecule has 1 N–H and O–H groups in total. The maximum atomic E-state index is 10.2. The Morgan fingerprint density at radius 1 is 1.00 bits per heavy atom. The van der Waals surface area contributed by atoms with Crippen LogP contribution in [0.15, 0.2) is 24.3 Å². The average molecular weight is 202 g/mol. The molecule has 1 heteroatoms. The van der Waals surface area contributed by atoms with Crippen LogP contribution in [-0.4, -0.2) is 11.2 Å². The van der Waals surface area contributed by atoms with Crippen LogP contribution in [0.2, 0.25) is 0 Å². The molecule has 0 aromatic heterocycles. The maximum absolute atomic E-state index is 10.2. The van der Waals surface area contributed by atoms with Crippen molar-refractivity contribution in [3.63, 3.8) is 0 Å². The second-order valence-corrected chi connectivity index (χ2v) is 5.12. The van der Waals surface area contributed by atoms with E-state index >= 15 is 0 Å². The van der Waals surface area contributed by atoms with E-state index in [1.165, 1.54) is 30.4 Å².